The lowest BCUT2D eigenvalue weighted by atomic mass is 10.2. The predicted octanol–water partition coefficient (Wildman–Crippen LogP) is 3.20. The van der Waals surface area contributed by atoms with Gasteiger partial charge in [0.05, 0.1) is 12.4 Å². The minimum Gasteiger partial charge on any atom is -0.334 e. The zero-order valence-electron chi connectivity index (χ0n) is 13.6. The first kappa shape index (κ1) is 16.2. The highest BCUT2D eigenvalue weighted by atomic mass is 32.1. The Morgan fingerprint density at radius 3 is 3.00 bits per heavy atom. The van der Waals surface area contributed by atoms with Crippen molar-refractivity contribution in [3.05, 3.63) is 64.6 Å². The topological polar surface area (TPSA) is 71.8 Å². The average Bonchev–Trinajstić information content (AvgIpc) is 3.25. The molecule has 124 valence electrons. The molecule has 6 nitrogen and oxygen atoms in total. The second-order valence-electron chi connectivity index (χ2n) is 5.50. The summed E-state index contributed by atoms with van der Waals surface area (Å²) in [6.07, 6.45) is 7.19. The van der Waals surface area contributed by atoms with E-state index in [4.69, 9.17) is 0 Å². The summed E-state index contributed by atoms with van der Waals surface area (Å²) in [5.41, 5.74) is 2.04. The standard InChI is InChI=1S/C17H19N5OS/c1-12-9-19-16(24-12)13(2)21-17(23)20-10-14-4-3-5-15(8-14)22-7-6-18-11-22/h3-9,11,13H,10H2,1-2H3,(H2,20,21,23)/t13-/m1/s1. The fourth-order valence-electron chi connectivity index (χ4n) is 2.30. The number of nitrogens with zero attached hydrogens (tertiary/aromatic N) is 3. The van der Waals surface area contributed by atoms with E-state index in [1.807, 2.05) is 55.1 Å². The van der Waals surface area contributed by atoms with Crippen LogP contribution in [0.4, 0.5) is 4.79 Å². The van der Waals surface area contributed by atoms with E-state index < -0.39 is 0 Å². The first-order chi connectivity index (χ1) is 11.6. The summed E-state index contributed by atoms with van der Waals surface area (Å²) in [4.78, 5) is 21.5. The minimum atomic E-state index is -0.205. The average molecular weight is 341 g/mol. The summed E-state index contributed by atoms with van der Waals surface area (Å²) in [5, 5.41) is 6.69. The van der Waals surface area contributed by atoms with E-state index in [2.05, 4.69) is 20.6 Å². The van der Waals surface area contributed by atoms with Crippen molar-refractivity contribution in [1.82, 2.24) is 25.2 Å². The van der Waals surface area contributed by atoms with Gasteiger partial charge in [-0.3, -0.25) is 0 Å². The van der Waals surface area contributed by atoms with Gasteiger partial charge in [-0.25, -0.2) is 14.8 Å². The van der Waals surface area contributed by atoms with E-state index in [0.29, 0.717) is 6.54 Å². The van der Waals surface area contributed by atoms with Crippen LogP contribution in [0.5, 0.6) is 0 Å². The normalized spacial score (nSPS) is 11.9. The number of benzene rings is 1. The van der Waals surface area contributed by atoms with Gasteiger partial charge < -0.3 is 15.2 Å². The molecule has 0 unspecified atom stereocenters. The fraction of sp³-hybridized carbons (Fsp3) is 0.235. The van der Waals surface area contributed by atoms with E-state index in [-0.39, 0.29) is 12.1 Å². The predicted molar refractivity (Wildman–Crippen MR) is 94.2 cm³/mol. The molecule has 0 spiro atoms. The summed E-state index contributed by atoms with van der Waals surface area (Å²) in [7, 11) is 0. The van der Waals surface area contributed by atoms with Crippen LogP contribution in [0.15, 0.2) is 49.2 Å². The summed E-state index contributed by atoms with van der Waals surface area (Å²) in [5.74, 6) is 0. The molecule has 24 heavy (non-hydrogen) atoms. The Morgan fingerprint density at radius 2 is 2.29 bits per heavy atom. The lowest BCUT2D eigenvalue weighted by Crippen LogP contribution is -2.36. The number of urea groups is 1. The van der Waals surface area contributed by atoms with Gasteiger partial charge in [-0.2, -0.15) is 0 Å². The van der Waals surface area contributed by atoms with Gasteiger partial charge in [0, 0.05) is 35.7 Å². The molecule has 1 aromatic carbocycles. The molecule has 2 N–H and O–H groups in total. The number of rotatable bonds is 5. The van der Waals surface area contributed by atoms with Crippen LogP contribution in [0.3, 0.4) is 0 Å². The summed E-state index contributed by atoms with van der Waals surface area (Å²) in [6, 6.07) is 7.65. The van der Waals surface area contributed by atoms with E-state index in [1.165, 1.54) is 0 Å². The number of thiazole rings is 1. The molecule has 0 fully saturated rings. The number of nitrogens with one attached hydrogen (secondary N) is 2. The molecular formula is C17H19N5OS. The van der Waals surface area contributed by atoms with Gasteiger partial charge in [0.25, 0.3) is 0 Å². The van der Waals surface area contributed by atoms with Gasteiger partial charge in [0.15, 0.2) is 0 Å². The van der Waals surface area contributed by atoms with Crippen molar-refractivity contribution in [2.75, 3.05) is 0 Å². The third kappa shape index (κ3) is 3.99. The summed E-state index contributed by atoms with van der Waals surface area (Å²) in [6.45, 7) is 4.39. The maximum Gasteiger partial charge on any atom is 0.315 e. The number of aromatic nitrogens is 3. The second-order valence-corrected chi connectivity index (χ2v) is 6.76. The van der Waals surface area contributed by atoms with E-state index in [1.54, 1.807) is 23.9 Å². The van der Waals surface area contributed by atoms with Crippen LogP contribution in [-0.2, 0) is 6.54 Å². The smallest absolute Gasteiger partial charge is 0.315 e. The van der Waals surface area contributed by atoms with Crippen molar-refractivity contribution in [3.8, 4) is 5.69 Å². The molecule has 3 aromatic rings. The van der Waals surface area contributed by atoms with Crippen LogP contribution >= 0.6 is 11.3 Å². The molecule has 2 amide bonds. The Labute approximate surface area is 144 Å². The number of imidazole rings is 1. The van der Waals surface area contributed by atoms with Gasteiger partial charge in [-0.05, 0) is 31.5 Å². The Morgan fingerprint density at radius 1 is 1.42 bits per heavy atom. The number of carbonyl (C=O) groups is 1. The molecule has 7 heteroatoms. The number of amides is 2. The van der Waals surface area contributed by atoms with Gasteiger partial charge in [0.1, 0.15) is 5.01 Å². The summed E-state index contributed by atoms with van der Waals surface area (Å²) < 4.78 is 1.93. The maximum atomic E-state index is 12.1. The Balaban J connectivity index is 1.55. The Bertz CT molecular complexity index is 812. The largest absolute Gasteiger partial charge is 0.334 e. The number of carbonyl (C=O) groups excluding carboxylic acids is 1. The lowest BCUT2D eigenvalue weighted by molar-refractivity contribution is 0.237. The van der Waals surface area contributed by atoms with Crippen molar-refractivity contribution < 1.29 is 4.79 Å². The monoisotopic (exact) mass is 341 g/mol. The number of hydrogen-bond acceptors (Lipinski definition) is 4. The highest BCUT2D eigenvalue weighted by molar-refractivity contribution is 7.11. The zero-order valence-corrected chi connectivity index (χ0v) is 14.4. The van der Waals surface area contributed by atoms with Crippen LogP contribution in [0.2, 0.25) is 0 Å². The molecule has 0 aliphatic heterocycles. The molecule has 1 atom stereocenters. The maximum absolute atomic E-state index is 12.1. The molecule has 0 aliphatic carbocycles. The lowest BCUT2D eigenvalue weighted by Gasteiger charge is -2.13. The van der Waals surface area contributed by atoms with E-state index in [0.717, 1.165) is 21.1 Å². The van der Waals surface area contributed by atoms with Crippen molar-refractivity contribution in [1.29, 1.82) is 0 Å². The minimum absolute atomic E-state index is 0.110. The number of hydrogen-bond donors (Lipinski definition) is 2. The van der Waals surface area contributed by atoms with E-state index in [9.17, 15) is 4.79 Å². The Kier molecular flexibility index (Phi) is 4.90. The highest BCUT2D eigenvalue weighted by Crippen LogP contribution is 2.18. The van der Waals surface area contributed by atoms with Crippen LogP contribution in [0.25, 0.3) is 5.69 Å². The van der Waals surface area contributed by atoms with Gasteiger partial charge in [0.2, 0.25) is 0 Å². The molecule has 2 heterocycles. The van der Waals surface area contributed by atoms with Gasteiger partial charge >= 0.3 is 6.03 Å². The molecule has 2 aromatic heterocycles. The first-order valence-corrected chi connectivity index (χ1v) is 8.47. The van der Waals surface area contributed by atoms with Crippen molar-refractivity contribution in [2.24, 2.45) is 0 Å². The van der Waals surface area contributed by atoms with E-state index >= 15 is 0 Å². The number of aryl methyl sites for hydroxylation is 1. The molecular weight excluding hydrogens is 322 g/mol. The second kappa shape index (κ2) is 7.27. The van der Waals surface area contributed by atoms with Crippen LogP contribution < -0.4 is 10.6 Å². The van der Waals surface area contributed by atoms with Gasteiger partial charge in [-0.1, -0.05) is 12.1 Å². The molecule has 0 bridgehead atoms. The molecule has 0 saturated carbocycles. The van der Waals surface area contributed by atoms with Crippen LogP contribution in [-0.4, -0.2) is 20.6 Å². The van der Waals surface area contributed by atoms with Gasteiger partial charge in [-0.15, -0.1) is 11.3 Å². The third-order valence-electron chi connectivity index (χ3n) is 3.52. The molecule has 0 aliphatic rings. The van der Waals surface area contributed by atoms with Crippen LogP contribution in [0, 0.1) is 6.92 Å². The zero-order chi connectivity index (χ0) is 16.9. The van der Waals surface area contributed by atoms with Crippen LogP contribution in [0.1, 0.15) is 28.4 Å². The Hall–Kier alpha value is -2.67. The quantitative estimate of drug-likeness (QED) is 0.748. The third-order valence-corrected chi connectivity index (χ3v) is 4.62. The SMILES string of the molecule is Cc1cnc([C@@H](C)NC(=O)NCc2cccc(-n3ccnc3)c2)s1. The molecule has 0 radical (unpaired) electrons. The first-order valence-electron chi connectivity index (χ1n) is 7.66. The van der Waals surface area contributed by atoms with Crippen molar-refractivity contribution in [2.45, 2.75) is 26.4 Å². The molecule has 0 saturated heterocycles. The summed E-state index contributed by atoms with van der Waals surface area (Å²) >= 11 is 1.59. The van der Waals surface area contributed by atoms with Crippen molar-refractivity contribution in [3.63, 3.8) is 0 Å². The molecule has 3 rings (SSSR count). The van der Waals surface area contributed by atoms with Crippen molar-refractivity contribution >= 4 is 17.4 Å². The fourth-order valence-corrected chi connectivity index (χ4v) is 3.08. The highest BCUT2D eigenvalue weighted by Gasteiger charge is 2.12.